The standard InChI is InChI=1S/C27H27N3O3/c31-26-20-33-25-12-11-23(17-24(25)30(26)19-22-9-5-2-6-10-22)27(32)29-15-13-28(14-16-29)18-21-7-3-1-4-8-21/h1-12,17H,13-16,18-20H2. The number of hydrogen-bond donors (Lipinski definition) is 0. The van der Waals surface area contributed by atoms with Gasteiger partial charge in [0.15, 0.2) is 6.61 Å². The van der Waals surface area contributed by atoms with E-state index in [-0.39, 0.29) is 18.4 Å². The van der Waals surface area contributed by atoms with Crippen LogP contribution >= 0.6 is 0 Å². The number of carbonyl (C=O) groups excluding carboxylic acids is 2. The summed E-state index contributed by atoms with van der Waals surface area (Å²) < 4.78 is 5.63. The minimum absolute atomic E-state index is 0.00477. The quantitative estimate of drug-likeness (QED) is 0.608. The predicted molar refractivity (Wildman–Crippen MR) is 127 cm³/mol. The van der Waals surface area contributed by atoms with Crippen molar-refractivity contribution in [3.63, 3.8) is 0 Å². The molecule has 0 unspecified atom stereocenters. The fraction of sp³-hybridized carbons (Fsp3) is 0.259. The first-order chi connectivity index (χ1) is 16.2. The number of anilines is 1. The molecule has 0 atom stereocenters. The Morgan fingerprint density at radius 3 is 2.09 bits per heavy atom. The first kappa shape index (κ1) is 21.2. The van der Waals surface area contributed by atoms with Crippen LogP contribution in [0.25, 0.3) is 0 Å². The molecule has 0 aliphatic carbocycles. The monoisotopic (exact) mass is 441 g/mol. The summed E-state index contributed by atoms with van der Waals surface area (Å²) >= 11 is 0. The lowest BCUT2D eigenvalue weighted by Crippen LogP contribution is -2.48. The van der Waals surface area contributed by atoms with E-state index in [1.54, 1.807) is 23.1 Å². The largest absolute Gasteiger partial charge is 0.482 e. The molecule has 0 bridgehead atoms. The van der Waals surface area contributed by atoms with Crippen LogP contribution in [0.3, 0.4) is 0 Å². The topological polar surface area (TPSA) is 53.1 Å². The Balaban J connectivity index is 1.28. The number of rotatable bonds is 5. The summed E-state index contributed by atoms with van der Waals surface area (Å²) in [7, 11) is 0. The maximum atomic E-state index is 13.3. The van der Waals surface area contributed by atoms with Crippen LogP contribution in [0, 0.1) is 0 Å². The number of ether oxygens (including phenoxy) is 1. The molecule has 0 saturated carbocycles. The number of nitrogens with zero attached hydrogens (tertiary/aromatic N) is 3. The molecule has 1 saturated heterocycles. The maximum absolute atomic E-state index is 13.3. The van der Waals surface area contributed by atoms with Crippen molar-refractivity contribution in [3.05, 3.63) is 95.6 Å². The van der Waals surface area contributed by atoms with Gasteiger partial charge in [-0.15, -0.1) is 0 Å². The summed E-state index contributed by atoms with van der Waals surface area (Å²) in [5.41, 5.74) is 3.56. The van der Waals surface area contributed by atoms with E-state index in [0.717, 1.165) is 25.2 Å². The lowest BCUT2D eigenvalue weighted by Gasteiger charge is -2.35. The average molecular weight is 442 g/mol. The molecule has 0 spiro atoms. The zero-order chi connectivity index (χ0) is 22.6. The van der Waals surface area contributed by atoms with Crippen molar-refractivity contribution < 1.29 is 14.3 Å². The number of benzene rings is 3. The van der Waals surface area contributed by atoms with Gasteiger partial charge in [-0.3, -0.25) is 14.5 Å². The second kappa shape index (κ2) is 9.46. The Morgan fingerprint density at radius 1 is 0.788 bits per heavy atom. The molecule has 0 radical (unpaired) electrons. The highest BCUT2D eigenvalue weighted by molar-refractivity contribution is 6.01. The van der Waals surface area contributed by atoms with Crippen LogP contribution in [0.4, 0.5) is 5.69 Å². The molecule has 2 aliphatic rings. The molecule has 2 aliphatic heterocycles. The minimum atomic E-state index is -0.106. The molecule has 0 N–H and O–H groups in total. The highest BCUT2D eigenvalue weighted by Crippen LogP contribution is 2.34. The summed E-state index contributed by atoms with van der Waals surface area (Å²) in [5.74, 6) is 0.523. The van der Waals surface area contributed by atoms with Crippen LogP contribution in [0.1, 0.15) is 21.5 Å². The summed E-state index contributed by atoms with van der Waals surface area (Å²) in [6, 6.07) is 25.7. The second-order valence-corrected chi connectivity index (χ2v) is 8.49. The highest BCUT2D eigenvalue weighted by atomic mass is 16.5. The number of amides is 2. The van der Waals surface area contributed by atoms with E-state index in [1.165, 1.54) is 5.56 Å². The van der Waals surface area contributed by atoms with E-state index in [1.807, 2.05) is 41.3 Å². The Hall–Kier alpha value is -3.64. The van der Waals surface area contributed by atoms with Crippen LogP contribution in [0.2, 0.25) is 0 Å². The van der Waals surface area contributed by atoms with E-state index < -0.39 is 0 Å². The van der Waals surface area contributed by atoms with Crippen molar-refractivity contribution in [1.82, 2.24) is 9.80 Å². The molecular formula is C27H27N3O3. The molecule has 0 aromatic heterocycles. The molecule has 5 rings (SSSR count). The molecule has 6 heteroatoms. The van der Waals surface area contributed by atoms with Gasteiger partial charge in [0.05, 0.1) is 12.2 Å². The van der Waals surface area contributed by atoms with Crippen LogP contribution < -0.4 is 9.64 Å². The minimum Gasteiger partial charge on any atom is -0.482 e. The van der Waals surface area contributed by atoms with Crippen molar-refractivity contribution >= 4 is 17.5 Å². The van der Waals surface area contributed by atoms with Gasteiger partial charge in [0.1, 0.15) is 5.75 Å². The van der Waals surface area contributed by atoms with Gasteiger partial charge in [0.2, 0.25) is 0 Å². The number of piperazine rings is 1. The van der Waals surface area contributed by atoms with E-state index in [2.05, 4.69) is 29.2 Å². The average Bonchev–Trinajstić information content (AvgIpc) is 2.87. The Kier molecular flexibility index (Phi) is 6.09. The number of hydrogen-bond acceptors (Lipinski definition) is 4. The van der Waals surface area contributed by atoms with Crippen LogP contribution in [0.15, 0.2) is 78.9 Å². The molecule has 33 heavy (non-hydrogen) atoms. The number of carbonyl (C=O) groups is 2. The third-order valence-corrected chi connectivity index (χ3v) is 6.24. The summed E-state index contributed by atoms with van der Waals surface area (Å²) in [4.78, 5) is 31.9. The lowest BCUT2D eigenvalue weighted by molar-refractivity contribution is -0.121. The zero-order valence-electron chi connectivity index (χ0n) is 18.5. The van der Waals surface area contributed by atoms with Crippen molar-refractivity contribution in [3.8, 4) is 5.75 Å². The van der Waals surface area contributed by atoms with Gasteiger partial charge in [-0.2, -0.15) is 0 Å². The number of fused-ring (bicyclic) bond motifs is 1. The molecule has 6 nitrogen and oxygen atoms in total. The van der Waals surface area contributed by atoms with Crippen LogP contribution in [-0.4, -0.2) is 54.4 Å². The van der Waals surface area contributed by atoms with Crippen LogP contribution in [-0.2, 0) is 17.9 Å². The molecule has 1 fully saturated rings. The van der Waals surface area contributed by atoms with Gasteiger partial charge >= 0.3 is 0 Å². The smallest absolute Gasteiger partial charge is 0.265 e. The highest BCUT2D eigenvalue weighted by Gasteiger charge is 2.28. The molecule has 3 aromatic rings. The fourth-order valence-electron chi connectivity index (χ4n) is 4.41. The zero-order valence-corrected chi connectivity index (χ0v) is 18.5. The molecule has 2 amide bonds. The lowest BCUT2D eigenvalue weighted by atomic mass is 10.1. The molecule has 3 aromatic carbocycles. The van der Waals surface area contributed by atoms with Gasteiger partial charge in [-0.25, -0.2) is 0 Å². The van der Waals surface area contributed by atoms with E-state index in [9.17, 15) is 9.59 Å². The van der Waals surface area contributed by atoms with Crippen molar-refractivity contribution in [2.24, 2.45) is 0 Å². The molecular weight excluding hydrogens is 414 g/mol. The van der Waals surface area contributed by atoms with E-state index in [4.69, 9.17) is 4.74 Å². The third kappa shape index (κ3) is 4.76. The van der Waals surface area contributed by atoms with Gasteiger partial charge in [0, 0.05) is 38.3 Å². The summed E-state index contributed by atoms with van der Waals surface area (Å²) in [6.07, 6.45) is 0. The van der Waals surface area contributed by atoms with Gasteiger partial charge in [-0.05, 0) is 29.3 Å². The van der Waals surface area contributed by atoms with Gasteiger partial charge < -0.3 is 14.5 Å². The Morgan fingerprint density at radius 2 is 1.42 bits per heavy atom. The van der Waals surface area contributed by atoms with Crippen molar-refractivity contribution in [1.29, 1.82) is 0 Å². The van der Waals surface area contributed by atoms with Gasteiger partial charge in [0.25, 0.3) is 11.8 Å². The third-order valence-electron chi connectivity index (χ3n) is 6.24. The Labute approximate surface area is 194 Å². The molecule has 2 heterocycles. The van der Waals surface area contributed by atoms with E-state index >= 15 is 0 Å². The maximum Gasteiger partial charge on any atom is 0.265 e. The summed E-state index contributed by atoms with van der Waals surface area (Å²) in [5, 5.41) is 0. The van der Waals surface area contributed by atoms with Crippen LogP contribution in [0.5, 0.6) is 5.75 Å². The Bertz CT molecular complexity index is 1130. The predicted octanol–water partition coefficient (Wildman–Crippen LogP) is 3.57. The second-order valence-electron chi connectivity index (χ2n) is 8.49. The van der Waals surface area contributed by atoms with Crippen molar-refractivity contribution in [2.45, 2.75) is 13.1 Å². The first-order valence-electron chi connectivity index (χ1n) is 11.3. The normalized spacial score (nSPS) is 16.3. The van der Waals surface area contributed by atoms with Crippen molar-refractivity contribution in [2.75, 3.05) is 37.7 Å². The first-order valence-corrected chi connectivity index (χ1v) is 11.3. The molecule has 168 valence electrons. The van der Waals surface area contributed by atoms with E-state index in [0.29, 0.717) is 36.6 Å². The van der Waals surface area contributed by atoms with Gasteiger partial charge in [-0.1, -0.05) is 60.7 Å². The summed E-state index contributed by atoms with van der Waals surface area (Å²) in [6.45, 7) is 4.41. The fourth-order valence-corrected chi connectivity index (χ4v) is 4.41. The SMILES string of the molecule is O=C(c1ccc2c(c1)N(Cc1ccccc1)C(=O)CO2)N1CCN(Cc2ccccc2)CC1.